The second kappa shape index (κ2) is 2.59. The average Bonchev–Trinajstić information content (AvgIpc) is 2.34. The highest BCUT2D eigenvalue weighted by atomic mass is 16.3. The molecule has 0 radical (unpaired) electrons. The molecule has 1 atom stereocenters. The predicted molar refractivity (Wildman–Crippen MR) is 39.2 cm³/mol. The average molecular weight is 135 g/mol. The minimum atomic E-state index is -0.336. The number of aryl methyl sites for hydroxylation is 1. The van der Waals surface area contributed by atoms with Crippen LogP contribution in [0, 0.1) is 19.3 Å². The Kier molecular flexibility index (Phi) is 1.79. The summed E-state index contributed by atoms with van der Waals surface area (Å²) in [5, 5.41) is 0. The predicted octanol–water partition coefficient (Wildman–Crippen LogP) is 1.22. The fourth-order valence-electron chi connectivity index (χ4n) is 0.723. The van der Waals surface area contributed by atoms with Crippen molar-refractivity contribution < 1.29 is 4.42 Å². The highest BCUT2D eigenvalue weighted by molar-refractivity contribution is 5.22. The summed E-state index contributed by atoms with van der Waals surface area (Å²) < 4.78 is 5.01. The van der Waals surface area contributed by atoms with Crippen LogP contribution in [0.3, 0.4) is 0 Å². The molecule has 1 aromatic heterocycles. The molecule has 2 N–H and O–H groups in total. The van der Waals surface area contributed by atoms with Gasteiger partial charge in [-0.3, -0.25) is 0 Å². The van der Waals surface area contributed by atoms with E-state index in [2.05, 4.69) is 5.92 Å². The third-order valence-corrected chi connectivity index (χ3v) is 1.29. The monoisotopic (exact) mass is 135 g/mol. The zero-order valence-corrected chi connectivity index (χ0v) is 5.79. The highest BCUT2D eigenvalue weighted by Crippen LogP contribution is 2.12. The molecular formula is C8H9NO. The molecular weight excluding hydrogens is 126 g/mol. The molecule has 0 saturated carbocycles. The van der Waals surface area contributed by atoms with Gasteiger partial charge in [-0.1, -0.05) is 5.92 Å². The highest BCUT2D eigenvalue weighted by Gasteiger charge is 2.03. The second-order valence-electron chi connectivity index (χ2n) is 2.14. The molecule has 0 amide bonds. The third kappa shape index (κ3) is 1.20. The Morgan fingerprint density at radius 1 is 1.80 bits per heavy atom. The van der Waals surface area contributed by atoms with E-state index in [9.17, 15) is 0 Å². The summed E-state index contributed by atoms with van der Waals surface area (Å²) in [7, 11) is 0. The van der Waals surface area contributed by atoms with Crippen LogP contribution >= 0.6 is 0 Å². The first-order chi connectivity index (χ1) is 4.74. The Bertz CT molecular complexity index is 256. The van der Waals surface area contributed by atoms with E-state index >= 15 is 0 Å². The third-order valence-electron chi connectivity index (χ3n) is 1.29. The van der Waals surface area contributed by atoms with Gasteiger partial charge in [-0.25, -0.2) is 0 Å². The Labute approximate surface area is 60.0 Å². The Hall–Kier alpha value is -1.20. The van der Waals surface area contributed by atoms with Crippen LogP contribution in [0.5, 0.6) is 0 Å². The normalized spacial score (nSPS) is 12.5. The molecule has 0 aliphatic heterocycles. The Morgan fingerprint density at radius 2 is 2.50 bits per heavy atom. The number of hydrogen-bond donors (Lipinski definition) is 1. The molecule has 52 valence electrons. The summed E-state index contributed by atoms with van der Waals surface area (Å²) in [6.45, 7) is 1.85. The van der Waals surface area contributed by atoms with E-state index in [1.165, 1.54) is 0 Å². The largest absolute Gasteiger partial charge is 0.469 e. The molecule has 10 heavy (non-hydrogen) atoms. The van der Waals surface area contributed by atoms with Crippen molar-refractivity contribution in [2.45, 2.75) is 13.0 Å². The van der Waals surface area contributed by atoms with Gasteiger partial charge >= 0.3 is 0 Å². The van der Waals surface area contributed by atoms with Crippen LogP contribution in [-0.2, 0) is 0 Å². The number of terminal acetylenes is 1. The van der Waals surface area contributed by atoms with E-state index in [0.717, 1.165) is 11.3 Å². The van der Waals surface area contributed by atoms with E-state index in [-0.39, 0.29) is 6.04 Å². The van der Waals surface area contributed by atoms with Crippen LogP contribution in [0.4, 0.5) is 0 Å². The van der Waals surface area contributed by atoms with Gasteiger partial charge in [-0.15, -0.1) is 6.42 Å². The van der Waals surface area contributed by atoms with Gasteiger partial charge in [0.25, 0.3) is 0 Å². The van der Waals surface area contributed by atoms with Gasteiger partial charge in [0.2, 0.25) is 0 Å². The molecule has 0 saturated heterocycles. The fraction of sp³-hybridized carbons (Fsp3) is 0.250. The van der Waals surface area contributed by atoms with Crippen molar-refractivity contribution in [2.24, 2.45) is 5.73 Å². The van der Waals surface area contributed by atoms with Crippen molar-refractivity contribution in [3.05, 3.63) is 23.7 Å². The lowest BCUT2D eigenvalue weighted by molar-refractivity contribution is 0.531. The van der Waals surface area contributed by atoms with Crippen molar-refractivity contribution >= 4 is 0 Å². The van der Waals surface area contributed by atoms with Crippen molar-refractivity contribution in [1.82, 2.24) is 0 Å². The van der Waals surface area contributed by atoms with E-state index in [0.29, 0.717) is 0 Å². The molecule has 0 aliphatic carbocycles. The van der Waals surface area contributed by atoms with E-state index in [4.69, 9.17) is 16.6 Å². The maximum absolute atomic E-state index is 5.51. The zero-order chi connectivity index (χ0) is 7.56. The van der Waals surface area contributed by atoms with Gasteiger partial charge in [0, 0.05) is 5.56 Å². The second-order valence-corrected chi connectivity index (χ2v) is 2.14. The number of hydrogen-bond acceptors (Lipinski definition) is 2. The maximum Gasteiger partial charge on any atom is 0.101 e. The van der Waals surface area contributed by atoms with Crippen LogP contribution in [0.25, 0.3) is 0 Å². The van der Waals surface area contributed by atoms with Crippen LogP contribution in [0.2, 0.25) is 0 Å². The van der Waals surface area contributed by atoms with Gasteiger partial charge in [0.1, 0.15) is 5.76 Å². The molecule has 1 aromatic rings. The maximum atomic E-state index is 5.51. The van der Waals surface area contributed by atoms with Gasteiger partial charge in [-0.2, -0.15) is 0 Å². The van der Waals surface area contributed by atoms with Crippen molar-refractivity contribution in [2.75, 3.05) is 0 Å². The topological polar surface area (TPSA) is 39.2 Å². The summed E-state index contributed by atoms with van der Waals surface area (Å²) in [4.78, 5) is 0. The van der Waals surface area contributed by atoms with Crippen LogP contribution in [-0.4, -0.2) is 0 Å². The summed E-state index contributed by atoms with van der Waals surface area (Å²) in [6.07, 6.45) is 6.68. The molecule has 0 aliphatic rings. The van der Waals surface area contributed by atoms with Gasteiger partial charge < -0.3 is 10.2 Å². The van der Waals surface area contributed by atoms with Crippen molar-refractivity contribution in [3.8, 4) is 12.3 Å². The fourth-order valence-corrected chi connectivity index (χ4v) is 0.723. The van der Waals surface area contributed by atoms with Crippen molar-refractivity contribution in [1.29, 1.82) is 0 Å². The van der Waals surface area contributed by atoms with Gasteiger partial charge in [0.05, 0.1) is 12.3 Å². The minimum absolute atomic E-state index is 0.336. The quantitative estimate of drug-likeness (QED) is 0.588. The van der Waals surface area contributed by atoms with Crippen molar-refractivity contribution in [3.63, 3.8) is 0 Å². The molecule has 2 nitrogen and oxygen atoms in total. The van der Waals surface area contributed by atoms with Crippen LogP contribution in [0.1, 0.15) is 17.4 Å². The molecule has 0 bridgehead atoms. The van der Waals surface area contributed by atoms with Crippen LogP contribution in [0.15, 0.2) is 16.7 Å². The molecule has 1 heterocycles. The van der Waals surface area contributed by atoms with E-state index < -0.39 is 0 Å². The number of furan rings is 1. The first kappa shape index (κ1) is 6.91. The van der Waals surface area contributed by atoms with Gasteiger partial charge in [-0.05, 0) is 13.0 Å². The SMILES string of the molecule is C#CC(N)c1coc(C)c1. The first-order valence-electron chi connectivity index (χ1n) is 3.01. The molecule has 1 unspecified atom stereocenters. The lowest BCUT2D eigenvalue weighted by Gasteiger charge is -1.95. The molecule has 0 aromatic carbocycles. The summed E-state index contributed by atoms with van der Waals surface area (Å²) in [6, 6.07) is 1.50. The summed E-state index contributed by atoms with van der Waals surface area (Å²) >= 11 is 0. The minimum Gasteiger partial charge on any atom is -0.469 e. The van der Waals surface area contributed by atoms with Crippen LogP contribution < -0.4 is 5.73 Å². The molecule has 0 fully saturated rings. The van der Waals surface area contributed by atoms with E-state index in [1.54, 1.807) is 6.26 Å². The van der Waals surface area contributed by atoms with Gasteiger partial charge in [0.15, 0.2) is 0 Å². The molecule has 2 heteroatoms. The lowest BCUT2D eigenvalue weighted by atomic mass is 10.2. The number of nitrogens with two attached hydrogens (primary N) is 1. The summed E-state index contributed by atoms with van der Waals surface area (Å²) in [5.74, 6) is 3.25. The molecule has 1 rings (SSSR count). The Balaban J connectivity index is 2.87. The lowest BCUT2D eigenvalue weighted by Crippen LogP contribution is -2.05. The zero-order valence-electron chi connectivity index (χ0n) is 5.79. The molecule has 0 spiro atoms. The summed E-state index contributed by atoms with van der Waals surface area (Å²) in [5.41, 5.74) is 6.37. The smallest absolute Gasteiger partial charge is 0.101 e. The number of rotatable bonds is 1. The standard InChI is InChI=1S/C8H9NO/c1-3-8(9)7-4-6(2)10-5-7/h1,4-5,8H,9H2,2H3. The Morgan fingerprint density at radius 3 is 2.90 bits per heavy atom. The van der Waals surface area contributed by atoms with E-state index in [1.807, 2.05) is 13.0 Å². The first-order valence-corrected chi connectivity index (χ1v) is 3.01.